The lowest BCUT2D eigenvalue weighted by Crippen LogP contribution is -2.03. The molecule has 1 heterocycles. The molecule has 0 saturated carbocycles. The van der Waals surface area contributed by atoms with Crippen molar-refractivity contribution < 1.29 is 13.9 Å². The van der Waals surface area contributed by atoms with Gasteiger partial charge in [-0.25, -0.2) is 4.79 Å². The number of aromatic nitrogens is 2. The Morgan fingerprint density at radius 3 is 2.48 bits per heavy atom. The average Bonchev–Trinajstić information content (AvgIpc) is 3.09. The van der Waals surface area contributed by atoms with Gasteiger partial charge < -0.3 is 9.15 Å². The number of carbonyl (C=O) groups is 1. The predicted octanol–water partition coefficient (Wildman–Crippen LogP) is 4.01. The van der Waals surface area contributed by atoms with Crippen molar-refractivity contribution in [3.8, 4) is 17.2 Å². The van der Waals surface area contributed by atoms with Gasteiger partial charge in [-0.3, -0.25) is 0 Å². The van der Waals surface area contributed by atoms with Gasteiger partial charge in [-0.15, -0.1) is 10.2 Å². The Kier molecular flexibility index (Phi) is 4.49. The summed E-state index contributed by atoms with van der Waals surface area (Å²) in [5.41, 5.74) is 1.61. The first-order chi connectivity index (χ1) is 11.2. The lowest BCUT2D eigenvalue weighted by Gasteiger charge is -2.01. The van der Waals surface area contributed by atoms with Crippen molar-refractivity contribution in [3.05, 3.63) is 71.6 Å². The molecule has 23 heavy (non-hydrogen) atoms. The van der Waals surface area contributed by atoms with E-state index < -0.39 is 5.97 Å². The Labute approximate surface area is 137 Å². The van der Waals surface area contributed by atoms with Gasteiger partial charge in [0.25, 0.3) is 0 Å². The van der Waals surface area contributed by atoms with Crippen molar-refractivity contribution in [2.24, 2.45) is 0 Å². The molecule has 5 nitrogen and oxygen atoms in total. The maximum Gasteiger partial charge on any atom is 0.336 e. The van der Waals surface area contributed by atoms with Crippen molar-refractivity contribution in [1.29, 1.82) is 0 Å². The summed E-state index contributed by atoms with van der Waals surface area (Å²) in [5.74, 6) is 0.370. The molecule has 3 aromatic rings. The summed E-state index contributed by atoms with van der Waals surface area (Å²) in [6, 6.07) is 13.9. The van der Waals surface area contributed by atoms with Gasteiger partial charge in [-0.05, 0) is 48.0 Å². The summed E-state index contributed by atoms with van der Waals surface area (Å²) >= 11 is 5.80. The zero-order chi connectivity index (χ0) is 16.1. The van der Waals surface area contributed by atoms with E-state index in [4.69, 9.17) is 20.8 Å². The van der Waals surface area contributed by atoms with Crippen molar-refractivity contribution in [3.63, 3.8) is 0 Å². The number of carbonyl (C=O) groups excluding carboxylic acids is 1. The third kappa shape index (κ3) is 4.05. The number of hydrogen-bond acceptors (Lipinski definition) is 5. The van der Waals surface area contributed by atoms with E-state index in [0.717, 1.165) is 11.1 Å². The number of halogens is 1. The molecule has 0 aliphatic carbocycles. The van der Waals surface area contributed by atoms with Crippen LogP contribution in [0.3, 0.4) is 0 Å². The quantitative estimate of drug-likeness (QED) is 0.412. The molecule has 0 fully saturated rings. The summed E-state index contributed by atoms with van der Waals surface area (Å²) in [5, 5.41) is 8.05. The molecule has 3 rings (SSSR count). The number of nitrogens with zero attached hydrogens (tertiary/aromatic N) is 2. The van der Waals surface area contributed by atoms with Crippen LogP contribution in [0.5, 0.6) is 5.75 Å². The maximum absolute atomic E-state index is 11.8. The van der Waals surface area contributed by atoms with Crippen LogP contribution >= 0.6 is 11.6 Å². The lowest BCUT2D eigenvalue weighted by atomic mass is 10.2. The van der Waals surface area contributed by atoms with Gasteiger partial charge in [-0.2, -0.15) is 0 Å². The van der Waals surface area contributed by atoms with Crippen molar-refractivity contribution in [2.75, 3.05) is 0 Å². The molecule has 0 aliphatic rings. The normalized spacial score (nSPS) is 10.8. The molecule has 2 aromatic carbocycles. The second-order valence-electron chi connectivity index (χ2n) is 4.57. The molecule has 0 aliphatic heterocycles. The zero-order valence-corrected chi connectivity index (χ0v) is 12.6. The van der Waals surface area contributed by atoms with Gasteiger partial charge in [0.2, 0.25) is 12.3 Å². The van der Waals surface area contributed by atoms with Crippen LogP contribution in [0, 0.1) is 0 Å². The highest BCUT2D eigenvalue weighted by Gasteiger charge is 2.05. The third-order valence-electron chi connectivity index (χ3n) is 2.96. The molecular formula is C17H11ClN2O3. The van der Waals surface area contributed by atoms with Gasteiger partial charge >= 0.3 is 5.97 Å². The minimum absolute atomic E-state index is 0.408. The van der Waals surface area contributed by atoms with E-state index in [9.17, 15) is 4.79 Å². The molecule has 0 radical (unpaired) electrons. The summed E-state index contributed by atoms with van der Waals surface area (Å²) in [7, 11) is 0. The predicted molar refractivity (Wildman–Crippen MR) is 85.9 cm³/mol. The van der Waals surface area contributed by atoms with E-state index in [2.05, 4.69) is 10.2 Å². The molecule has 0 saturated heterocycles. The lowest BCUT2D eigenvalue weighted by molar-refractivity contribution is -0.128. The first-order valence-corrected chi connectivity index (χ1v) is 7.10. The number of hydrogen-bond donors (Lipinski definition) is 0. The molecule has 0 atom stereocenters. The third-order valence-corrected chi connectivity index (χ3v) is 3.21. The smallest absolute Gasteiger partial charge is 0.336 e. The summed E-state index contributed by atoms with van der Waals surface area (Å²) < 4.78 is 10.3. The Bertz CT molecular complexity index is 810. The molecule has 0 spiro atoms. The molecule has 6 heteroatoms. The Morgan fingerprint density at radius 1 is 1.09 bits per heavy atom. The molecule has 0 N–H and O–H groups in total. The van der Waals surface area contributed by atoms with Crippen molar-refractivity contribution >= 4 is 23.6 Å². The van der Waals surface area contributed by atoms with Gasteiger partial charge in [0.15, 0.2) is 0 Å². The first kappa shape index (κ1) is 15.0. The first-order valence-electron chi connectivity index (χ1n) is 6.73. The zero-order valence-electron chi connectivity index (χ0n) is 11.8. The number of ether oxygens (including phenoxy) is 1. The largest absolute Gasteiger partial charge is 0.423 e. The second-order valence-corrected chi connectivity index (χ2v) is 5.01. The molecule has 0 bridgehead atoms. The topological polar surface area (TPSA) is 65.2 Å². The molecule has 1 aromatic heterocycles. The number of esters is 1. The van der Waals surface area contributed by atoms with Crippen molar-refractivity contribution in [2.45, 2.75) is 0 Å². The molecular weight excluding hydrogens is 316 g/mol. The SMILES string of the molecule is O=C(/C=C/c1ccc(Cl)cc1)Oc1ccc(-c2nnco2)cc1. The maximum atomic E-state index is 11.8. The van der Waals surface area contributed by atoms with Crippen LogP contribution in [0.15, 0.2) is 65.4 Å². The van der Waals surface area contributed by atoms with E-state index >= 15 is 0 Å². The number of benzene rings is 2. The van der Waals surface area contributed by atoms with E-state index in [-0.39, 0.29) is 0 Å². The van der Waals surface area contributed by atoms with Gasteiger partial charge in [0, 0.05) is 16.7 Å². The van der Waals surface area contributed by atoms with E-state index in [1.54, 1.807) is 42.5 Å². The fourth-order valence-electron chi connectivity index (χ4n) is 1.85. The monoisotopic (exact) mass is 326 g/mol. The van der Waals surface area contributed by atoms with Crippen LogP contribution in [-0.4, -0.2) is 16.2 Å². The number of rotatable bonds is 4. The Balaban J connectivity index is 1.62. The van der Waals surface area contributed by atoms with Crippen molar-refractivity contribution in [1.82, 2.24) is 10.2 Å². The molecule has 114 valence electrons. The Morgan fingerprint density at radius 2 is 1.83 bits per heavy atom. The van der Waals surface area contributed by atoms with Crippen LogP contribution < -0.4 is 4.74 Å². The van der Waals surface area contributed by atoms with Gasteiger partial charge in [0.1, 0.15) is 5.75 Å². The fourth-order valence-corrected chi connectivity index (χ4v) is 1.98. The molecule has 0 amide bonds. The summed E-state index contributed by atoms with van der Waals surface area (Å²) in [6.45, 7) is 0. The van der Waals surface area contributed by atoms with Crippen LogP contribution in [0.2, 0.25) is 5.02 Å². The standard InChI is InChI=1S/C17H11ClN2O3/c18-14-6-1-12(2-7-14)3-10-16(21)23-15-8-4-13(5-9-15)17-20-19-11-22-17/h1-11H/b10-3+. The van der Waals surface area contributed by atoms with E-state index in [1.165, 1.54) is 12.5 Å². The fraction of sp³-hybridized carbons (Fsp3) is 0. The van der Waals surface area contributed by atoms with Gasteiger partial charge in [-0.1, -0.05) is 23.7 Å². The van der Waals surface area contributed by atoms with E-state index in [1.807, 2.05) is 12.1 Å². The van der Waals surface area contributed by atoms with Crippen LogP contribution in [0.1, 0.15) is 5.56 Å². The van der Waals surface area contributed by atoms with Crippen LogP contribution in [-0.2, 0) is 4.79 Å². The van der Waals surface area contributed by atoms with Crippen LogP contribution in [0.4, 0.5) is 0 Å². The highest BCUT2D eigenvalue weighted by molar-refractivity contribution is 6.30. The highest BCUT2D eigenvalue weighted by atomic mass is 35.5. The van der Waals surface area contributed by atoms with Crippen LogP contribution in [0.25, 0.3) is 17.5 Å². The second kappa shape index (κ2) is 6.89. The minimum Gasteiger partial charge on any atom is -0.423 e. The summed E-state index contributed by atoms with van der Waals surface area (Å²) in [6.07, 6.45) is 4.27. The van der Waals surface area contributed by atoms with Gasteiger partial charge in [0.05, 0.1) is 0 Å². The molecule has 0 unspecified atom stereocenters. The Hall–Kier alpha value is -2.92. The van der Waals surface area contributed by atoms with E-state index in [0.29, 0.717) is 16.7 Å². The minimum atomic E-state index is -0.467. The summed E-state index contributed by atoms with van der Waals surface area (Å²) in [4.78, 5) is 11.8. The average molecular weight is 327 g/mol. The highest BCUT2D eigenvalue weighted by Crippen LogP contribution is 2.20.